The molecule has 0 heterocycles. The Hall–Kier alpha value is -2.55. The van der Waals surface area contributed by atoms with Gasteiger partial charge in [0.15, 0.2) is 6.61 Å². The van der Waals surface area contributed by atoms with E-state index < -0.39 is 56.5 Å². The normalized spacial score (nSPS) is 12.0. The summed E-state index contributed by atoms with van der Waals surface area (Å²) in [5.74, 6) is -4.72. The molecule has 0 saturated heterocycles. The zero-order valence-corrected chi connectivity index (χ0v) is 16.3. The molecule has 1 atom stereocenters. The molecule has 0 spiro atoms. The summed E-state index contributed by atoms with van der Waals surface area (Å²) in [6.07, 6.45) is -1.62. The largest absolute Gasteiger partial charge is 0.455 e. The van der Waals surface area contributed by atoms with Gasteiger partial charge in [-0.25, -0.2) is 4.79 Å². The van der Waals surface area contributed by atoms with E-state index in [0.29, 0.717) is 0 Å². The molecule has 1 aromatic rings. The quantitative estimate of drug-likeness (QED) is 0.336. The molecular formula is C17H22NO9P. The van der Waals surface area contributed by atoms with Crippen molar-refractivity contribution >= 4 is 31.4 Å². The van der Waals surface area contributed by atoms with E-state index >= 15 is 0 Å². The second-order valence-electron chi connectivity index (χ2n) is 6.11. The lowest BCUT2D eigenvalue weighted by molar-refractivity contribution is -0.154. The molecule has 2 N–H and O–H groups in total. The summed E-state index contributed by atoms with van der Waals surface area (Å²) in [4.78, 5) is 66.6. The molecule has 0 bridgehead atoms. The minimum Gasteiger partial charge on any atom is -0.455 e. The van der Waals surface area contributed by atoms with Crippen LogP contribution in [0.15, 0.2) is 30.3 Å². The van der Waals surface area contributed by atoms with Crippen LogP contribution < -0.4 is 0 Å². The molecular weight excluding hydrogens is 393 g/mol. The fourth-order valence-corrected chi connectivity index (χ4v) is 2.94. The van der Waals surface area contributed by atoms with E-state index in [1.165, 1.54) is 31.1 Å². The summed E-state index contributed by atoms with van der Waals surface area (Å²) in [7, 11) is -1.70. The maximum atomic E-state index is 12.0. The maximum Gasteiger partial charge on any atom is 0.345 e. The highest BCUT2D eigenvalue weighted by Crippen LogP contribution is 2.38. The van der Waals surface area contributed by atoms with Crippen LogP contribution in [0.3, 0.4) is 0 Å². The van der Waals surface area contributed by atoms with Crippen LogP contribution in [0.2, 0.25) is 0 Å². The van der Waals surface area contributed by atoms with Crippen molar-refractivity contribution in [2.24, 2.45) is 5.92 Å². The molecule has 0 radical (unpaired) electrons. The minimum absolute atomic E-state index is 0.157. The Morgan fingerprint density at radius 1 is 1.11 bits per heavy atom. The first-order valence-electron chi connectivity index (χ1n) is 8.21. The first kappa shape index (κ1) is 23.5. The second-order valence-corrected chi connectivity index (χ2v) is 7.80. The predicted octanol–water partition coefficient (Wildman–Crippen LogP) is 0.575. The van der Waals surface area contributed by atoms with E-state index in [4.69, 9.17) is 14.5 Å². The van der Waals surface area contributed by atoms with Gasteiger partial charge < -0.3 is 24.2 Å². The summed E-state index contributed by atoms with van der Waals surface area (Å²) in [5.41, 5.74) is 0.157. The minimum atomic E-state index is -4.59. The van der Waals surface area contributed by atoms with Crippen molar-refractivity contribution < 1.29 is 43.0 Å². The monoisotopic (exact) mass is 415 g/mol. The standard InChI is InChI=1S/C17H22NO9P/c1-18(2)14(19)10-26-16(21)13(11-28(23,24)25)8-9-15(20)27-17(22)12-6-4-3-5-7-12/h3-7,13H,8-11H2,1-2H3,(H2,23,24,25). The average Bonchev–Trinajstić information content (AvgIpc) is 2.62. The third-order valence-corrected chi connectivity index (χ3v) is 4.46. The van der Waals surface area contributed by atoms with Crippen molar-refractivity contribution in [3.05, 3.63) is 35.9 Å². The molecule has 154 valence electrons. The van der Waals surface area contributed by atoms with Crippen LogP contribution in [-0.4, -0.2) is 65.4 Å². The van der Waals surface area contributed by atoms with Gasteiger partial charge in [0.2, 0.25) is 0 Å². The topological polar surface area (TPSA) is 148 Å². The smallest absolute Gasteiger partial charge is 0.345 e. The zero-order valence-electron chi connectivity index (χ0n) is 15.4. The Kier molecular flexibility index (Phi) is 8.98. The van der Waals surface area contributed by atoms with Gasteiger partial charge in [0.05, 0.1) is 17.6 Å². The lowest BCUT2D eigenvalue weighted by Gasteiger charge is -2.17. The number of nitrogens with zero attached hydrogens (tertiary/aromatic N) is 1. The fraction of sp³-hybridized carbons (Fsp3) is 0.412. The molecule has 0 fully saturated rings. The van der Waals surface area contributed by atoms with E-state index in [1.54, 1.807) is 18.2 Å². The van der Waals surface area contributed by atoms with Crippen LogP contribution in [0.25, 0.3) is 0 Å². The van der Waals surface area contributed by atoms with E-state index in [1.807, 2.05) is 0 Å². The van der Waals surface area contributed by atoms with Crippen LogP contribution in [0.4, 0.5) is 0 Å². The van der Waals surface area contributed by atoms with Crippen LogP contribution in [0.1, 0.15) is 23.2 Å². The number of carbonyl (C=O) groups is 4. The molecule has 0 aliphatic carbocycles. The molecule has 0 aliphatic heterocycles. The summed E-state index contributed by atoms with van der Waals surface area (Å²) >= 11 is 0. The summed E-state index contributed by atoms with van der Waals surface area (Å²) < 4.78 is 20.6. The third-order valence-electron chi connectivity index (χ3n) is 3.54. The molecule has 11 heteroatoms. The number of ether oxygens (including phenoxy) is 2. The average molecular weight is 415 g/mol. The first-order chi connectivity index (χ1) is 13.0. The van der Waals surface area contributed by atoms with E-state index in [9.17, 15) is 23.7 Å². The molecule has 28 heavy (non-hydrogen) atoms. The summed E-state index contributed by atoms with van der Waals surface area (Å²) in [6, 6.07) is 7.75. The Morgan fingerprint density at radius 3 is 2.25 bits per heavy atom. The predicted molar refractivity (Wildman–Crippen MR) is 96.2 cm³/mol. The Morgan fingerprint density at radius 2 is 1.71 bits per heavy atom. The van der Waals surface area contributed by atoms with Gasteiger partial charge in [-0.05, 0) is 18.6 Å². The first-order valence-corrected chi connectivity index (χ1v) is 10.0. The van der Waals surface area contributed by atoms with Gasteiger partial charge in [-0.1, -0.05) is 18.2 Å². The van der Waals surface area contributed by atoms with E-state index in [-0.39, 0.29) is 12.0 Å². The van der Waals surface area contributed by atoms with Gasteiger partial charge in [0.25, 0.3) is 5.91 Å². The van der Waals surface area contributed by atoms with Gasteiger partial charge in [-0.15, -0.1) is 0 Å². The fourth-order valence-electron chi connectivity index (χ4n) is 2.03. The lowest BCUT2D eigenvalue weighted by atomic mass is 10.1. The molecule has 0 aliphatic rings. The third kappa shape index (κ3) is 8.90. The van der Waals surface area contributed by atoms with Crippen LogP contribution in [0.5, 0.6) is 0 Å². The van der Waals surface area contributed by atoms with Crippen molar-refractivity contribution in [3.8, 4) is 0 Å². The van der Waals surface area contributed by atoms with E-state index in [2.05, 4.69) is 4.74 Å². The number of rotatable bonds is 9. The number of benzene rings is 1. The van der Waals surface area contributed by atoms with Crippen LogP contribution in [-0.2, 0) is 28.4 Å². The van der Waals surface area contributed by atoms with Gasteiger partial charge in [-0.3, -0.25) is 18.9 Å². The molecule has 10 nitrogen and oxygen atoms in total. The molecule has 1 rings (SSSR count). The number of esters is 3. The zero-order chi connectivity index (χ0) is 21.3. The Balaban J connectivity index is 2.64. The van der Waals surface area contributed by atoms with Crippen molar-refractivity contribution in [1.29, 1.82) is 0 Å². The summed E-state index contributed by atoms with van der Waals surface area (Å²) in [6.45, 7) is -0.597. The molecule has 0 aromatic heterocycles. The molecule has 0 saturated carbocycles. The highest BCUT2D eigenvalue weighted by Gasteiger charge is 2.30. The van der Waals surface area contributed by atoms with Gasteiger partial charge in [0, 0.05) is 20.5 Å². The van der Waals surface area contributed by atoms with Crippen LogP contribution in [0, 0.1) is 5.92 Å². The van der Waals surface area contributed by atoms with Gasteiger partial charge in [-0.2, -0.15) is 0 Å². The number of amides is 1. The molecule has 1 amide bonds. The van der Waals surface area contributed by atoms with E-state index in [0.717, 1.165) is 0 Å². The van der Waals surface area contributed by atoms with Crippen molar-refractivity contribution in [2.75, 3.05) is 26.9 Å². The molecule has 1 unspecified atom stereocenters. The highest BCUT2D eigenvalue weighted by molar-refractivity contribution is 7.51. The van der Waals surface area contributed by atoms with Crippen molar-refractivity contribution in [1.82, 2.24) is 4.90 Å². The lowest BCUT2D eigenvalue weighted by Crippen LogP contribution is -2.30. The van der Waals surface area contributed by atoms with Crippen molar-refractivity contribution in [2.45, 2.75) is 12.8 Å². The highest BCUT2D eigenvalue weighted by atomic mass is 31.2. The number of hydrogen-bond acceptors (Lipinski definition) is 7. The second kappa shape index (κ2) is 10.7. The van der Waals surface area contributed by atoms with Gasteiger partial charge >= 0.3 is 25.5 Å². The summed E-state index contributed by atoms with van der Waals surface area (Å²) in [5, 5.41) is 0. The van der Waals surface area contributed by atoms with Gasteiger partial charge in [0.1, 0.15) is 0 Å². The Bertz CT molecular complexity index is 757. The maximum absolute atomic E-state index is 12.0. The number of hydrogen-bond donors (Lipinski definition) is 2. The number of carbonyl (C=O) groups excluding carboxylic acids is 4. The number of likely N-dealkylation sites (N-methyl/N-ethyl adjacent to an activating group) is 1. The van der Waals surface area contributed by atoms with Crippen LogP contribution >= 0.6 is 7.60 Å². The SMILES string of the molecule is CN(C)C(=O)COC(=O)C(CCC(=O)OC(=O)c1ccccc1)CP(=O)(O)O. The van der Waals surface area contributed by atoms with Crippen molar-refractivity contribution in [3.63, 3.8) is 0 Å². The Labute approximate surface area is 161 Å². The molecule has 1 aromatic carbocycles.